The van der Waals surface area contributed by atoms with Crippen molar-refractivity contribution in [3.63, 3.8) is 0 Å². The van der Waals surface area contributed by atoms with Gasteiger partial charge in [-0.25, -0.2) is 5.84 Å². The SMILES string of the molecule is NNC(=O)c1cc(O)c(O)cc1Cl. The van der Waals surface area contributed by atoms with Gasteiger partial charge < -0.3 is 10.2 Å². The number of benzene rings is 1. The van der Waals surface area contributed by atoms with Crippen LogP contribution < -0.4 is 11.3 Å². The van der Waals surface area contributed by atoms with Gasteiger partial charge in [-0.05, 0) is 6.07 Å². The number of nitrogens with two attached hydrogens (primary N) is 1. The lowest BCUT2D eigenvalue weighted by Gasteiger charge is -2.04. The van der Waals surface area contributed by atoms with Crippen LogP contribution in [0.15, 0.2) is 12.1 Å². The smallest absolute Gasteiger partial charge is 0.266 e. The van der Waals surface area contributed by atoms with Gasteiger partial charge in [-0.15, -0.1) is 0 Å². The highest BCUT2D eigenvalue weighted by Crippen LogP contribution is 2.30. The van der Waals surface area contributed by atoms with Gasteiger partial charge in [-0.3, -0.25) is 10.2 Å². The zero-order chi connectivity index (χ0) is 10.0. The Balaban J connectivity index is 3.23. The molecule has 0 saturated carbocycles. The Hall–Kier alpha value is -1.46. The Morgan fingerprint density at radius 3 is 2.46 bits per heavy atom. The summed E-state index contributed by atoms with van der Waals surface area (Å²) in [5.41, 5.74) is 1.85. The molecule has 0 aliphatic heterocycles. The highest BCUT2D eigenvalue weighted by atomic mass is 35.5. The highest BCUT2D eigenvalue weighted by Gasteiger charge is 2.12. The van der Waals surface area contributed by atoms with Crippen LogP contribution in [0, 0.1) is 0 Å². The molecule has 0 atom stereocenters. The van der Waals surface area contributed by atoms with E-state index in [4.69, 9.17) is 27.7 Å². The van der Waals surface area contributed by atoms with Gasteiger partial charge in [-0.1, -0.05) is 11.6 Å². The topological polar surface area (TPSA) is 95.6 Å². The molecule has 0 saturated heterocycles. The number of rotatable bonds is 1. The highest BCUT2D eigenvalue weighted by molar-refractivity contribution is 6.34. The first-order valence-electron chi connectivity index (χ1n) is 3.28. The summed E-state index contributed by atoms with van der Waals surface area (Å²) in [5, 5.41) is 18.0. The number of carbonyl (C=O) groups excluding carboxylic acids is 1. The molecular formula is C7H7ClN2O3. The quantitative estimate of drug-likeness (QED) is 0.229. The van der Waals surface area contributed by atoms with Crippen molar-refractivity contribution in [3.8, 4) is 11.5 Å². The second-order valence-corrected chi connectivity index (χ2v) is 2.70. The molecular weight excluding hydrogens is 196 g/mol. The number of phenolic OH excluding ortho intramolecular Hbond substituents is 2. The lowest BCUT2D eigenvalue weighted by molar-refractivity contribution is 0.0953. The molecule has 5 nitrogen and oxygen atoms in total. The van der Waals surface area contributed by atoms with Crippen LogP contribution in [0.5, 0.6) is 11.5 Å². The molecule has 6 heteroatoms. The summed E-state index contributed by atoms with van der Waals surface area (Å²) < 4.78 is 0. The summed E-state index contributed by atoms with van der Waals surface area (Å²) >= 11 is 5.59. The molecule has 0 spiro atoms. The Labute approximate surface area is 78.7 Å². The molecule has 0 aromatic heterocycles. The third-order valence-electron chi connectivity index (χ3n) is 1.44. The van der Waals surface area contributed by atoms with Crippen molar-refractivity contribution < 1.29 is 15.0 Å². The van der Waals surface area contributed by atoms with E-state index in [1.54, 1.807) is 0 Å². The molecule has 0 heterocycles. The zero-order valence-corrected chi connectivity index (χ0v) is 7.17. The lowest BCUT2D eigenvalue weighted by atomic mass is 10.2. The molecule has 13 heavy (non-hydrogen) atoms. The van der Waals surface area contributed by atoms with E-state index < -0.39 is 17.4 Å². The van der Waals surface area contributed by atoms with E-state index in [0.29, 0.717) is 0 Å². The van der Waals surface area contributed by atoms with Crippen molar-refractivity contribution in [1.82, 2.24) is 5.43 Å². The minimum absolute atomic E-state index is 0.000494. The van der Waals surface area contributed by atoms with E-state index in [9.17, 15) is 4.79 Å². The van der Waals surface area contributed by atoms with E-state index in [1.807, 2.05) is 5.43 Å². The molecule has 5 N–H and O–H groups in total. The lowest BCUT2D eigenvalue weighted by Crippen LogP contribution is -2.30. The van der Waals surface area contributed by atoms with Gasteiger partial charge in [0.2, 0.25) is 0 Å². The van der Waals surface area contributed by atoms with E-state index in [0.717, 1.165) is 12.1 Å². The maximum atomic E-state index is 11.0. The number of hydrazine groups is 1. The molecule has 0 unspecified atom stereocenters. The van der Waals surface area contributed by atoms with E-state index >= 15 is 0 Å². The normalized spacial score (nSPS) is 9.69. The maximum absolute atomic E-state index is 11.0. The Morgan fingerprint density at radius 1 is 1.38 bits per heavy atom. The van der Waals surface area contributed by atoms with Crippen LogP contribution in [0.25, 0.3) is 0 Å². The number of halogens is 1. The van der Waals surface area contributed by atoms with Crippen molar-refractivity contribution in [2.24, 2.45) is 5.84 Å². The Bertz CT molecular complexity index is 354. The van der Waals surface area contributed by atoms with Gasteiger partial charge in [0.15, 0.2) is 11.5 Å². The minimum atomic E-state index is -0.639. The predicted molar refractivity (Wildman–Crippen MR) is 46.4 cm³/mol. The first-order chi connectivity index (χ1) is 6.06. The number of phenols is 2. The molecule has 0 radical (unpaired) electrons. The number of nitrogen functional groups attached to an aromatic ring is 1. The number of carbonyl (C=O) groups is 1. The number of nitrogens with one attached hydrogen (secondary N) is 1. The second kappa shape index (κ2) is 3.51. The molecule has 1 aromatic carbocycles. The number of hydrogen-bond donors (Lipinski definition) is 4. The van der Waals surface area contributed by atoms with Gasteiger partial charge in [-0.2, -0.15) is 0 Å². The molecule has 1 amide bonds. The van der Waals surface area contributed by atoms with Crippen LogP contribution in [-0.4, -0.2) is 16.1 Å². The van der Waals surface area contributed by atoms with E-state index in [-0.39, 0.29) is 10.6 Å². The standard InChI is InChI=1S/C7H7ClN2O3/c8-4-2-6(12)5(11)1-3(4)7(13)10-9/h1-2,11-12H,9H2,(H,10,13). The average molecular weight is 203 g/mol. The summed E-state index contributed by atoms with van der Waals surface area (Å²) in [5.74, 6) is 3.40. The van der Waals surface area contributed by atoms with Gasteiger partial charge in [0.1, 0.15) is 0 Å². The number of hydrogen-bond acceptors (Lipinski definition) is 4. The van der Waals surface area contributed by atoms with E-state index in [2.05, 4.69) is 0 Å². The predicted octanol–water partition coefficient (Wildman–Crippen LogP) is 0.355. The van der Waals surface area contributed by atoms with Gasteiger partial charge >= 0.3 is 0 Å². The zero-order valence-electron chi connectivity index (χ0n) is 6.41. The summed E-state index contributed by atoms with van der Waals surface area (Å²) in [6.07, 6.45) is 0. The van der Waals surface area contributed by atoms with Crippen LogP contribution >= 0.6 is 11.6 Å². The third kappa shape index (κ3) is 1.82. The fourth-order valence-corrected chi connectivity index (χ4v) is 1.05. The molecule has 0 aliphatic rings. The fraction of sp³-hybridized carbons (Fsp3) is 0. The van der Waals surface area contributed by atoms with Crippen LogP contribution in [0.3, 0.4) is 0 Å². The Morgan fingerprint density at radius 2 is 1.92 bits per heavy atom. The summed E-state index contributed by atoms with van der Waals surface area (Å²) in [7, 11) is 0. The average Bonchev–Trinajstić information content (AvgIpc) is 2.10. The molecule has 0 fully saturated rings. The van der Waals surface area contributed by atoms with E-state index in [1.165, 1.54) is 0 Å². The van der Waals surface area contributed by atoms with Crippen molar-refractivity contribution in [2.75, 3.05) is 0 Å². The van der Waals surface area contributed by atoms with Crippen molar-refractivity contribution >= 4 is 17.5 Å². The number of aromatic hydroxyl groups is 2. The molecule has 0 aliphatic carbocycles. The first-order valence-corrected chi connectivity index (χ1v) is 3.66. The maximum Gasteiger partial charge on any atom is 0.266 e. The van der Waals surface area contributed by atoms with Crippen molar-refractivity contribution in [2.45, 2.75) is 0 Å². The summed E-state index contributed by atoms with van der Waals surface area (Å²) in [6.45, 7) is 0. The number of amides is 1. The van der Waals surface area contributed by atoms with Gasteiger partial charge in [0.05, 0.1) is 10.6 Å². The van der Waals surface area contributed by atoms with Crippen LogP contribution in [0.4, 0.5) is 0 Å². The third-order valence-corrected chi connectivity index (χ3v) is 1.75. The summed E-state index contributed by atoms with van der Waals surface area (Å²) in [6, 6.07) is 2.08. The van der Waals surface area contributed by atoms with Crippen LogP contribution in [0.2, 0.25) is 5.02 Å². The van der Waals surface area contributed by atoms with Crippen molar-refractivity contribution in [3.05, 3.63) is 22.7 Å². The molecule has 0 bridgehead atoms. The van der Waals surface area contributed by atoms with Crippen molar-refractivity contribution in [1.29, 1.82) is 0 Å². The fourth-order valence-electron chi connectivity index (χ4n) is 0.803. The molecule has 70 valence electrons. The van der Waals surface area contributed by atoms with Gasteiger partial charge in [0, 0.05) is 6.07 Å². The monoisotopic (exact) mass is 202 g/mol. The second-order valence-electron chi connectivity index (χ2n) is 2.29. The largest absolute Gasteiger partial charge is 0.504 e. The van der Waals surface area contributed by atoms with Crippen LogP contribution in [0.1, 0.15) is 10.4 Å². The molecule has 1 aromatic rings. The van der Waals surface area contributed by atoms with Crippen LogP contribution in [-0.2, 0) is 0 Å². The first kappa shape index (κ1) is 9.63. The van der Waals surface area contributed by atoms with Gasteiger partial charge in [0.25, 0.3) is 5.91 Å². The minimum Gasteiger partial charge on any atom is -0.504 e. The molecule has 1 rings (SSSR count). The Kier molecular flexibility index (Phi) is 2.60. The summed E-state index contributed by atoms with van der Waals surface area (Å²) in [4.78, 5) is 11.0.